The number of ether oxygens (including phenoxy) is 1. The Bertz CT molecular complexity index is 2070. The molecule has 44 heavy (non-hydrogen) atoms. The van der Waals surface area contributed by atoms with Gasteiger partial charge in [0.15, 0.2) is 4.80 Å². The summed E-state index contributed by atoms with van der Waals surface area (Å²) in [5.41, 5.74) is 3.88. The number of hydrogen-bond acceptors (Lipinski definition) is 6. The van der Waals surface area contributed by atoms with Crippen molar-refractivity contribution in [2.45, 2.75) is 32.7 Å². The minimum Gasteiger partial charge on any atom is -0.463 e. The Balaban J connectivity index is 1.55. The second-order valence-corrected chi connectivity index (χ2v) is 12.4. The van der Waals surface area contributed by atoms with Gasteiger partial charge in [0, 0.05) is 22.2 Å². The molecule has 0 aliphatic carbocycles. The molecule has 2 aromatic heterocycles. The van der Waals surface area contributed by atoms with Gasteiger partial charge in [-0.1, -0.05) is 103 Å². The van der Waals surface area contributed by atoms with Crippen molar-refractivity contribution in [2.24, 2.45) is 4.99 Å². The van der Waals surface area contributed by atoms with Crippen LogP contribution in [0.4, 0.5) is 0 Å². The summed E-state index contributed by atoms with van der Waals surface area (Å²) in [4.78, 5) is 33.2. The van der Waals surface area contributed by atoms with Gasteiger partial charge in [0.25, 0.3) is 5.56 Å². The van der Waals surface area contributed by atoms with Gasteiger partial charge in [-0.25, -0.2) is 9.79 Å². The zero-order valence-corrected chi connectivity index (χ0v) is 26.5. The van der Waals surface area contributed by atoms with Crippen molar-refractivity contribution in [1.29, 1.82) is 0 Å². The predicted octanol–water partition coefficient (Wildman–Crippen LogP) is 7.63. The predicted molar refractivity (Wildman–Crippen MR) is 176 cm³/mol. The lowest BCUT2D eigenvalue weighted by atomic mass is 9.91. The highest BCUT2D eigenvalue weighted by Gasteiger charge is 2.35. The summed E-state index contributed by atoms with van der Waals surface area (Å²) in [5, 5.41) is 0.985. The van der Waals surface area contributed by atoms with Gasteiger partial charge < -0.3 is 9.15 Å². The molecule has 1 aliphatic heterocycles. The summed E-state index contributed by atoms with van der Waals surface area (Å²) in [6.45, 7) is 6.19. The van der Waals surface area contributed by atoms with E-state index >= 15 is 0 Å². The Labute approximate surface area is 268 Å². The topological polar surface area (TPSA) is 73.8 Å². The van der Waals surface area contributed by atoms with Crippen LogP contribution in [0.5, 0.6) is 0 Å². The molecule has 1 atom stereocenters. The maximum absolute atomic E-state index is 14.1. The second-order valence-electron chi connectivity index (χ2n) is 10.6. The van der Waals surface area contributed by atoms with Crippen LogP contribution in [0.15, 0.2) is 105 Å². The molecule has 0 N–H and O–H groups in total. The van der Waals surface area contributed by atoms with E-state index < -0.39 is 12.0 Å². The molecule has 6 rings (SSSR count). The first-order chi connectivity index (χ1) is 21.2. The maximum Gasteiger partial charge on any atom is 0.338 e. The largest absolute Gasteiger partial charge is 0.463 e. The van der Waals surface area contributed by atoms with Gasteiger partial charge in [0.05, 0.1) is 33.5 Å². The van der Waals surface area contributed by atoms with Crippen LogP contribution in [0.3, 0.4) is 0 Å². The van der Waals surface area contributed by atoms with Crippen molar-refractivity contribution in [3.05, 3.63) is 143 Å². The van der Waals surface area contributed by atoms with Crippen molar-refractivity contribution in [1.82, 2.24) is 4.57 Å². The Morgan fingerprint density at radius 1 is 1.05 bits per heavy atom. The lowest BCUT2D eigenvalue weighted by Gasteiger charge is -2.26. The van der Waals surface area contributed by atoms with Crippen LogP contribution in [0.25, 0.3) is 23.1 Å². The second kappa shape index (κ2) is 12.4. The first kappa shape index (κ1) is 29.9. The fourth-order valence-corrected chi connectivity index (χ4v) is 6.70. The average Bonchev–Trinajstić information content (AvgIpc) is 3.60. The van der Waals surface area contributed by atoms with Gasteiger partial charge in [-0.3, -0.25) is 9.36 Å². The molecule has 1 aliphatic rings. The molecule has 0 spiro atoms. The number of esters is 1. The van der Waals surface area contributed by atoms with E-state index in [0.717, 1.165) is 16.7 Å². The van der Waals surface area contributed by atoms with Crippen molar-refractivity contribution in [3.63, 3.8) is 0 Å². The number of furan rings is 1. The number of fused-ring (bicyclic) bond motifs is 1. The van der Waals surface area contributed by atoms with Crippen LogP contribution in [-0.4, -0.2) is 17.1 Å². The average molecular weight is 644 g/mol. The lowest BCUT2D eigenvalue weighted by Crippen LogP contribution is -2.40. The lowest BCUT2D eigenvalue weighted by molar-refractivity contribution is -0.138. The molecule has 0 unspecified atom stereocenters. The van der Waals surface area contributed by atoms with Crippen LogP contribution in [0, 0.1) is 0 Å². The molecule has 0 amide bonds. The number of halogens is 2. The highest BCUT2D eigenvalue weighted by Crippen LogP contribution is 2.36. The van der Waals surface area contributed by atoms with Gasteiger partial charge in [-0.05, 0) is 54.3 Å². The van der Waals surface area contributed by atoms with E-state index in [4.69, 9.17) is 37.3 Å². The van der Waals surface area contributed by atoms with Crippen LogP contribution in [0.1, 0.15) is 55.2 Å². The van der Waals surface area contributed by atoms with E-state index in [1.54, 1.807) is 47.9 Å². The van der Waals surface area contributed by atoms with Crippen molar-refractivity contribution in [3.8, 4) is 11.3 Å². The van der Waals surface area contributed by atoms with Crippen molar-refractivity contribution >= 4 is 52.3 Å². The van der Waals surface area contributed by atoms with E-state index in [1.807, 2.05) is 54.6 Å². The molecular formula is C35H28Cl2N2O4S. The molecular weight excluding hydrogens is 615 g/mol. The molecule has 222 valence electrons. The van der Waals surface area contributed by atoms with Crippen LogP contribution < -0.4 is 14.9 Å². The molecule has 0 fully saturated rings. The quantitative estimate of drug-likeness (QED) is 0.171. The zero-order valence-electron chi connectivity index (χ0n) is 24.2. The van der Waals surface area contributed by atoms with E-state index in [-0.39, 0.29) is 12.2 Å². The molecule has 0 saturated heterocycles. The standard InChI is InChI=1S/C35H28Cl2N2O4S/c1-4-42-34(41)30-31(22-8-6-5-7-9-22)38-35-39(32(30)23-12-10-21(11-13-23)20(2)3)33(40)29(44-35)19-25-15-17-28(43-25)26-16-14-24(36)18-27(26)37/h5-20,32H,4H2,1-3H3/b29-19-/t32-/m0/s1. The molecule has 3 aromatic carbocycles. The summed E-state index contributed by atoms with van der Waals surface area (Å²) in [6, 6.07) is 25.5. The number of carbonyl (C=O) groups excluding carboxylic acids is 1. The Hall–Kier alpha value is -4.17. The van der Waals surface area contributed by atoms with Gasteiger partial charge >= 0.3 is 5.97 Å². The van der Waals surface area contributed by atoms with Crippen molar-refractivity contribution in [2.75, 3.05) is 6.61 Å². The number of carbonyl (C=O) groups is 1. The van der Waals surface area contributed by atoms with Crippen molar-refractivity contribution < 1.29 is 13.9 Å². The fourth-order valence-electron chi connectivity index (χ4n) is 5.21. The number of rotatable bonds is 7. The van der Waals surface area contributed by atoms with E-state index in [9.17, 15) is 9.59 Å². The van der Waals surface area contributed by atoms with E-state index in [0.29, 0.717) is 53.7 Å². The molecule has 6 nitrogen and oxygen atoms in total. The highest BCUT2D eigenvalue weighted by molar-refractivity contribution is 7.07. The smallest absolute Gasteiger partial charge is 0.338 e. The van der Waals surface area contributed by atoms with Gasteiger partial charge in [0.2, 0.25) is 0 Å². The third-order valence-corrected chi connectivity index (χ3v) is 8.92. The molecule has 0 bridgehead atoms. The SMILES string of the molecule is CCOC(=O)C1=C(c2ccccc2)N=c2s/c(=C\c3ccc(-c4ccc(Cl)cc4Cl)o3)c(=O)n2[C@H]1c1ccc(C(C)C)cc1. The molecule has 5 aromatic rings. The van der Waals surface area contributed by atoms with Crippen LogP contribution in [0.2, 0.25) is 10.0 Å². The number of hydrogen-bond donors (Lipinski definition) is 0. The first-order valence-electron chi connectivity index (χ1n) is 14.2. The monoisotopic (exact) mass is 642 g/mol. The summed E-state index contributed by atoms with van der Waals surface area (Å²) in [5.74, 6) is 0.830. The molecule has 0 saturated carbocycles. The summed E-state index contributed by atoms with van der Waals surface area (Å²) >= 11 is 13.7. The summed E-state index contributed by atoms with van der Waals surface area (Å²) in [6.07, 6.45) is 1.69. The number of benzene rings is 3. The van der Waals surface area contributed by atoms with Gasteiger partial charge in [-0.15, -0.1) is 0 Å². The number of aromatic nitrogens is 1. The zero-order chi connectivity index (χ0) is 31.0. The Morgan fingerprint density at radius 2 is 1.80 bits per heavy atom. The fraction of sp³-hybridized carbons (Fsp3) is 0.171. The third-order valence-electron chi connectivity index (χ3n) is 7.39. The molecule has 9 heteroatoms. The van der Waals surface area contributed by atoms with Gasteiger partial charge in [0.1, 0.15) is 11.5 Å². The summed E-state index contributed by atoms with van der Waals surface area (Å²) in [7, 11) is 0. The first-order valence-corrected chi connectivity index (χ1v) is 15.8. The third kappa shape index (κ3) is 5.71. The normalized spacial score (nSPS) is 15.0. The Morgan fingerprint density at radius 3 is 2.48 bits per heavy atom. The molecule has 3 heterocycles. The minimum atomic E-state index is -0.746. The molecule has 0 radical (unpaired) electrons. The van der Waals surface area contributed by atoms with Crippen LogP contribution in [-0.2, 0) is 9.53 Å². The minimum absolute atomic E-state index is 0.187. The summed E-state index contributed by atoms with van der Waals surface area (Å²) < 4.78 is 13.6. The number of nitrogens with zero attached hydrogens (tertiary/aromatic N) is 2. The highest BCUT2D eigenvalue weighted by atomic mass is 35.5. The Kier molecular flexibility index (Phi) is 8.45. The van der Waals surface area contributed by atoms with Gasteiger partial charge in [-0.2, -0.15) is 0 Å². The van der Waals surface area contributed by atoms with E-state index in [2.05, 4.69) is 13.8 Å². The number of thiazole rings is 1. The van der Waals surface area contributed by atoms with Crippen LogP contribution >= 0.6 is 34.5 Å². The van der Waals surface area contributed by atoms with E-state index in [1.165, 1.54) is 11.3 Å². The maximum atomic E-state index is 14.1.